The van der Waals surface area contributed by atoms with E-state index in [9.17, 15) is 9.18 Å². The molecule has 2 aromatic carbocycles. The Morgan fingerprint density at radius 1 is 1.14 bits per heavy atom. The maximum atomic E-state index is 13.5. The summed E-state index contributed by atoms with van der Waals surface area (Å²) in [5.74, 6) is -0.577. The second kappa shape index (κ2) is 6.39. The van der Waals surface area contributed by atoms with Crippen molar-refractivity contribution in [1.29, 1.82) is 0 Å². The summed E-state index contributed by atoms with van der Waals surface area (Å²) >= 11 is 0. The van der Waals surface area contributed by atoms with E-state index >= 15 is 0 Å². The van der Waals surface area contributed by atoms with E-state index in [1.165, 1.54) is 6.07 Å². The summed E-state index contributed by atoms with van der Waals surface area (Å²) < 4.78 is 13.5. The summed E-state index contributed by atoms with van der Waals surface area (Å²) in [6.07, 6.45) is 0. The molecule has 0 fully saturated rings. The maximum Gasteiger partial charge on any atom is 0.257 e. The number of carbonyl (C=O) groups is 1. The zero-order valence-corrected chi connectivity index (χ0v) is 12.5. The molecule has 0 bridgehead atoms. The average molecular weight is 286 g/mol. The zero-order valence-electron chi connectivity index (χ0n) is 12.5. The smallest absolute Gasteiger partial charge is 0.257 e. The van der Waals surface area contributed by atoms with E-state index in [0.717, 1.165) is 17.8 Å². The fourth-order valence-electron chi connectivity index (χ4n) is 2.12. The monoisotopic (exact) mass is 286 g/mol. The molecule has 2 N–H and O–H groups in total. The van der Waals surface area contributed by atoms with Gasteiger partial charge in [0.2, 0.25) is 0 Å². The van der Waals surface area contributed by atoms with Crippen LogP contribution in [0.15, 0.2) is 36.4 Å². The number of nitrogens with one attached hydrogen (secondary N) is 2. The molecule has 1 amide bonds. The first-order chi connectivity index (χ1) is 10.0. The van der Waals surface area contributed by atoms with Crippen LogP contribution in [0.25, 0.3) is 0 Å². The molecular formula is C17H19FN2O. The summed E-state index contributed by atoms with van der Waals surface area (Å²) in [5.41, 5.74) is 3.25. The Morgan fingerprint density at radius 3 is 2.62 bits per heavy atom. The normalized spacial score (nSPS) is 10.3. The average Bonchev–Trinajstić information content (AvgIpc) is 2.46. The van der Waals surface area contributed by atoms with Crippen LogP contribution < -0.4 is 10.6 Å². The third-order valence-electron chi connectivity index (χ3n) is 3.30. The van der Waals surface area contributed by atoms with Crippen LogP contribution in [-0.4, -0.2) is 12.5 Å². The van der Waals surface area contributed by atoms with Crippen molar-refractivity contribution < 1.29 is 9.18 Å². The molecule has 0 heterocycles. The Balaban J connectivity index is 2.32. The van der Waals surface area contributed by atoms with Crippen molar-refractivity contribution in [1.82, 2.24) is 0 Å². The first-order valence-electron chi connectivity index (χ1n) is 6.94. The van der Waals surface area contributed by atoms with Crippen LogP contribution in [0, 0.1) is 19.7 Å². The summed E-state index contributed by atoms with van der Waals surface area (Å²) in [6.45, 7) is 6.27. The number of aryl methyl sites for hydroxylation is 1. The van der Waals surface area contributed by atoms with Gasteiger partial charge in [-0.3, -0.25) is 4.79 Å². The number of anilines is 2. The van der Waals surface area contributed by atoms with Crippen molar-refractivity contribution in [3.05, 3.63) is 58.9 Å². The maximum absolute atomic E-state index is 13.5. The van der Waals surface area contributed by atoms with Crippen LogP contribution in [-0.2, 0) is 0 Å². The van der Waals surface area contributed by atoms with Gasteiger partial charge in [0.1, 0.15) is 5.82 Å². The first-order valence-corrected chi connectivity index (χ1v) is 6.94. The second-order valence-corrected chi connectivity index (χ2v) is 4.95. The summed E-state index contributed by atoms with van der Waals surface area (Å²) in [6, 6.07) is 10.3. The van der Waals surface area contributed by atoms with Gasteiger partial charge in [0.25, 0.3) is 5.91 Å². The minimum atomic E-state index is -0.330. The van der Waals surface area contributed by atoms with E-state index in [1.807, 2.05) is 32.0 Å². The fraction of sp³-hybridized carbons (Fsp3) is 0.235. The van der Waals surface area contributed by atoms with Crippen molar-refractivity contribution >= 4 is 17.3 Å². The van der Waals surface area contributed by atoms with Crippen molar-refractivity contribution in [2.24, 2.45) is 0 Å². The van der Waals surface area contributed by atoms with Crippen LogP contribution in [0.5, 0.6) is 0 Å². The van der Waals surface area contributed by atoms with Crippen LogP contribution in [0.4, 0.5) is 15.8 Å². The third-order valence-corrected chi connectivity index (χ3v) is 3.30. The van der Waals surface area contributed by atoms with E-state index in [-0.39, 0.29) is 11.7 Å². The Labute approximate surface area is 124 Å². The summed E-state index contributed by atoms with van der Waals surface area (Å²) in [5, 5.41) is 5.94. The highest BCUT2D eigenvalue weighted by molar-refractivity contribution is 6.08. The Morgan fingerprint density at radius 2 is 1.90 bits per heavy atom. The standard InChI is InChI=1S/C17H19FN2O/c1-4-19-16-9-8-11(2)10-13(16)17(21)20-15-7-5-6-14(18)12(15)3/h5-10,19H,4H2,1-3H3,(H,20,21). The lowest BCUT2D eigenvalue weighted by Gasteiger charge is -2.13. The van der Waals surface area contributed by atoms with Crippen molar-refractivity contribution in [2.45, 2.75) is 20.8 Å². The predicted molar refractivity (Wildman–Crippen MR) is 84.4 cm³/mol. The molecule has 0 aliphatic rings. The Hall–Kier alpha value is -2.36. The van der Waals surface area contributed by atoms with Gasteiger partial charge in [0.05, 0.1) is 5.56 Å². The molecule has 0 unspecified atom stereocenters. The molecule has 0 atom stereocenters. The molecule has 0 aromatic heterocycles. The van der Waals surface area contributed by atoms with E-state index < -0.39 is 0 Å². The molecule has 0 radical (unpaired) electrons. The zero-order chi connectivity index (χ0) is 15.4. The van der Waals surface area contributed by atoms with Crippen LogP contribution in [0.2, 0.25) is 0 Å². The van der Waals surface area contributed by atoms with Crippen molar-refractivity contribution in [3.63, 3.8) is 0 Å². The molecule has 4 heteroatoms. The highest BCUT2D eigenvalue weighted by Crippen LogP contribution is 2.22. The topological polar surface area (TPSA) is 41.1 Å². The van der Waals surface area contributed by atoms with Gasteiger partial charge >= 0.3 is 0 Å². The van der Waals surface area contributed by atoms with Crippen LogP contribution in [0.1, 0.15) is 28.4 Å². The SMILES string of the molecule is CCNc1ccc(C)cc1C(=O)Nc1cccc(F)c1C. The van der Waals surface area contributed by atoms with Gasteiger partial charge in [0.15, 0.2) is 0 Å². The van der Waals surface area contributed by atoms with Crippen LogP contribution in [0.3, 0.4) is 0 Å². The molecular weight excluding hydrogens is 267 g/mol. The van der Waals surface area contributed by atoms with E-state index in [4.69, 9.17) is 0 Å². The van der Waals surface area contributed by atoms with E-state index in [1.54, 1.807) is 19.1 Å². The lowest BCUT2D eigenvalue weighted by molar-refractivity contribution is 0.102. The predicted octanol–water partition coefficient (Wildman–Crippen LogP) is 4.13. The van der Waals surface area contributed by atoms with E-state index in [0.29, 0.717) is 16.8 Å². The molecule has 21 heavy (non-hydrogen) atoms. The quantitative estimate of drug-likeness (QED) is 0.887. The lowest BCUT2D eigenvalue weighted by atomic mass is 10.1. The minimum absolute atomic E-state index is 0.247. The molecule has 2 rings (SSSR count). The molecule has 3 nitrogen and oxygen atoms in total. The van der Waals surface area contributed by atoms with Gasteiger partial charge in [-0.1, -0.05) is 17.7 Å². The lowest BCUT2D eigenvalue weighted by Crippen LogP contribution is -2.16. The van der Waals surface area contributed by atoms with Crippen molar-refractivity contribution in [3.8, 4) is 0 Å². The summed E-state index contributed by atoms with van der Waals surface area (Å²) in [4.78, 5) is 12.5. The van der Waals surface area contributed by atoms with Crippen LogP contribution >= 0.6 is 0 Å². The second-order valence-electron chi connectivity index (χ2n) is 4.95. The molecule has 110 valence electrons. The third kappa shape index (κ3) is 3.40. The number of rotatable bonds is 4. The molecule has 0 aliphatic carbocycles. The van der Waals surface area contributed by atoms with Gasteiger partial charge in [-0.15, -0.1) is 0 Å². The van der Waals surface area contributed by atoms with Crippen molar-refractivity contribution in [2.75, 3.05) is 17.2 Å². The van der Waals surface area contributed by atoms with Gasteiger partial charge in [0, 0.05) is 23.5 Å². The fourth-order valence-corrected chi connectivity index (χ4v) is 2.12. The number of carbonyl (C=O) groups excluding carboxylic acids is 1. The number of amides is 1. The Bertz CT molecular complexity index is 668. The highest BCUT2D eigenvalue weighted by Gasteiger charge is 2.13. The van der Waals surface area contributed by atoms with Gasteiger partial charge in [-0.25, -0.2) is 4.39 Å². The largest absolute Gasteiger partial charge is 0.385 e. The first kappa shape index (κ1) is 15.0. The highest BCUT2D eigenvalue weighted by atomic mass is 19.1. The van der Waals surface area contributed by atoms with Gasteiger partial charge < -0.3 is 10.6 Å². The number of hydrogen-bond donors (Lipinski definition) is 2. The van der Waals surface area contributed by atoms with Gasteiger partial charge in [-0.2, -0.15) is 0 Å². The molecule has 0 saturated heterocycles. The van der Waals surface area contributed by atoms with E-state index in [2.05, 4.69) is 10.6 Å². The molecule has 2 aromatic rings. The summed E-state index contributed by atoms with van der Waals surface area (Å²) in [7, 11) is 0. The minimum Gasteiger partial charge on any atom is -0.385 e. The number of benzene rings is 2. The molecule has 0 aliphatic heterocycles. The van der Waals surface area contributed by atoms with Gasteiger partial charge in [-0.05, 0) is 45.0 Å². The number of hydrogen-bond acceptors (Lipinski definition) is 2. The molecule has 0 saturated carbocycles. The number of halogens is 1. The molecule has 0 spiro atoms. The Kier molecular flexibility index (Phi) is 4.58.